The zero-order valence-corrected chi connectivity index (χ0v) is 11.9. The summed E-state index contributed by atoms with van der Waals surface area (Å²) in [6.45, 7) is 6.65. The number of aryl methyl sites for hydroxylation is 1. The van der Waals surface area contributed by atoms with Crippen LogP contribution in [0.3, 0.4) is 0 Å². The first kappa shape index (κ1) is 13.0. The maximum atomic E-state index is 4.27. The standard InChI is InChI=1S/C14H24N2S/c1-11-3-5-13(6-4-11)7-8-15-9-14-12(2)16-10-17-14/h10-11,13,15H,3-9H2,1-2H3. The van der Waals surface area contributed by atoms with Crippen LogP contribution in [-0.4, -0.2) is 11.5 Å². The Balaban J connectivity index is 1.59. The van der Waals surface area contributed by atoms with E-state index in [0.29, 0.717) is 0 Å². The molecule has 0 atom stereocenters. The van der Waals surface area contributed by atoms with Gasteiger partial charge in [0.05, 0.1) is 11.2 Å². The summed E-state index contributed by atoms with van der Waals surface area (Å²) in [5, 5.41) is 3.56. The van der Waals surface area contributed by atoms with Crippen LogP contribution in [0.4, 0.5) is 0 Å². The molecule has 0 aliphatic heterocycles. The molecule has 0 saturated heterocycles. The third kappa shape index (κ3) is 4.07. The van der Waals surface area contributed by atoms with Crippen molar-refractivity contribution < 1.29 is 0 Å². The molecule has 0 spiro atoms. The number of hydrogen-bond donors (Lipinski definition) is 1. The first-order chi connectivity index (χ1) is 8.25. The van der Waals surface area contributed by atoms with E-state index in [4.69, 9.17) is 0 Å². The molecule has 1 fully saturated rings. The second kappa shape index (κ2) is 6.50. The molecule has 1 aromatic rings. The molecule has 3 heteroatoms. The molecule has 1 saturated carbocycles. The lowest BCUT2D eigenvalue weighted by molar-refractivity contribution is 0.275. The fraction of sp³-hybridized carbons (Fsp3) is 0.786. The van der Waals surface area contributed by atoms with E-state index >= 15 is 0 Å². The van der Waals surface area contributed by atoms with Gasteiger partial charge >= 0.3 is 0 Å². The molecule has 1 aromatic heterocycles. The van der Waals surface area contributed by atoms with Crippen LogP contribution in [0.5, 0.6) is 0 Å². The lowest BCUT2D eigenvalue weighted by atomic mass is 9.81. The molecule has 2 nitrogen and oxygen atoms in total. The highest BCUT2D eigenvalue weighted by Crippen LogP contribution is 2.29. The second-order valence-corrected chi connectivity index (χ2v) is 6.39. The number of nitrogens with zero attached hydrogens (tertiary/aromatic N) is 1. The van der Waals surface area contributed by atoms with E-state index in [9.17, 15) is 0 Å². The summed E-state index contributed by atoms with van der Waals surface area (Å²) in [6.07, 6.45) is 7.13. The van der Waals surface area contributed by atoms with Crippen molar-refractivity contribution in [3.63, 3.8) is 0 Å². The Kier molecular flexibility index (Phi) is 4.99. The van der Waals surface area contributed by atoms with Gasteiger partial charge in [0, 0.05) is 11.4 Å². The van der Waals surface area contributed by atoms with Crippen molar-refractivity contribution in [2.24, 2.45) is 11.8 Å². The smallest absolute Gasteiger partial charge is 0.0798 e. The molecule has 0 bridgehead atoms. The predicted molar refractivity (Wildman–Crippen MR) is 74.3 cm³/mol. The van der Waals surface area contributed by atoms with Crippen LogP contribution in [-0.2, 0) is 6.54 Å². The van der Waals surface area contributed by atoms with E-state index in [2.05, 4.69) is 24.1 Å². The van der Waals surface area contributed by atoms with E-state index < -0.39 is 0 Å². The minimum Gasteiger partial charge on any atom is -0.312 e. The highest BCUT2D eigenvalue weighted by Gasteiger charge is 2.17. The van der Waals surface area contributed by atoms with Crippen LogP contribution >= 0.6 is 11.3 Å². The summed E-state index contributed by atoms with van der Waals surface area (Å²) in [4.78, 5) is 5.66. The minimum atomic E-state index is 0.971. The van der Waals surface area contributed by atoms with Gasteiger partial charge in [-0.2, -0.15) is 0 Å². The Bertz CT molecular complexity index is 327. The van der Waals surface area contributed by atoms with Crippen molar-refractivity contribution in [2.75, 3.05) is 6.54 Å². The number of nitrogens with one attached hydrogen (secondary N) is 1. The Morgan fingerprint density at radius 3 is 2.76 bits per heavy atom. The average molecular weight is 252 g/mol. The SMILES string of the molecule is Cc1ncsc1CNCCC1CCC(C)CC1. The molecule has 1 aliphatic rings. The topological polar surface area (TPSA) is 24.9 Å². The molecule has 0 unspecified atom stereocenters. The van der Waals surface area contributed by atoms with Gasteiger partial charge in [0.25, 0.3) is 0 Å². The maximum absolute atomic E-state index is 4.27. The fourth-order valence-corrected chi connectivity index (χ4v) is 3.37. The normalized spacial score (nSPS) is 25.1. The van der Waals surface area contributed by atoms with Crippen LogP contribution in [0, 0.1) is 18.8 Å². The molecule has 0 amide bonds. The number of thiazole rings is 1. The van der Waals surface area contributed by atoms with Gasteiger partial charge in [-0.1, -0.05) is 32.6 Å². The van der Waals surface area contributed by atoms with Crippen LogP contribution in [0.1, 0.15) is 49.6 Å². The van der Waals surface area contributed by atoms with Gasteiger partial charge in [0.1, 0.15) is 0 Å². The van der Waals surface area contributed by atoms with Gasteiger partial charge in [-0.05, 0) is 31.7 Å². The highest BCUT2D eigenvalue weighted by atomic mass is 32.1. The van der Waals surface area contributed by atoms with Gasteiger partial charge in [-0.3, -0.25) is 0 Å². The zero-order chi connectivity index (χ0) is 12.1. The van der Waals surface area contributed by atoms with Crippen molar-refractivity contribution in [3.8, 4) is 0 Å². The third-order valence-corrected chi connectivity index (χ3v) is 4.93. The number of hydrogen-bond acceptors (Lipinski definition) is 3. The predicted octanol–water partition coefficient (Wildman–Crippen LogP) is 3.76. The van der Waals surface area contributed by atoms with Gasteiger partial charge in [0.15, 0.2) is 0 Å². The molecule has 0 aromatic carbocycles. The Morgan fingerprint density at radius 2 is 2.12 bits per heavy atom. The lowest BCUT2D eigenvalue weighted by Crippen LogP contribution is -2.20. The Morgan fingerprint density at radius 1 is 1.35 bits per heavy atom. The monoisotopic (exact) mass is 252 g/mol. The van der Waals surface area contributed by atoms with Crippen LogP contribution in [0.15, 0.2) is 5.51 Å². The third-order valence-electron chi connectivity index (χ3n) is 4.00. The second-order valence-electron chi connectivity index (χ2n) is 5.45. The molecule has 17 heavy (non-hydrogen) atoms. The quantitative estimate of drug-likeness (QED) is 0.807. The summed E-state index contributed by atoms with van der Waals surface area (Å²) in [7, 11) is 0. The average Bonchev–Trinajstić information content (AvgIpc) is 2.73. The van der Waals surface area contributed by atoms with Crippen molar-refractivity contribution in [2.45, 2.75) is 52.5 Å². The van der Waals surface area contributed by atoms with Crippen molar-refractivity contribution in [3.05, 3.63) is 16.1 Å². The first-order valence-electron chi connectivity index (χ1n) is 6.85. The highest BCUT2D eigenvalue weighted by molar-refractivity contribution is 7.09. The summed E-state index contributed by atoms with van der Waals surface area (Å²) in [5.74, 6) is 1.94. The molecular formula is C14H24N2S. The van der Waals surface area contributed by atoms with E-state index in [0.717, 1.165) is 24.9 Å². The largest absolute Gasteiger partial charge is 0.312 e. The van der Waals surface area contributed by atoms with Crippen LogP contribution in [0.2, 0.25) is 0 Å². The molecule has 96 valence electrons. The summed E-state index contributed by atoms with van der Waals surface area (Å²) >= 11 is 1.76. The summed E-state index contributed by atoms with van der Waals surface area (Å²) < 4.78 is 0. The zero-order valence-electron chi connectivity index (χ0n) is 11.0. The first-order valence-corrected chi connectivity index (χ1v) is 7.73. The molecular weight excluding hydrogens is 228 g/mol. The van der Waals surface area contributed by atoms with Crippen LogP contribution in [0.25, 0.3) is 0 Å². The Labute approximate surface area is 109 Å². The van der Waals surface area contributed by atoms with Crippen molar-refractivity contribution in [1.82, 2.24) is 10.3 Å². The van der Waals surface area contributed by atoms with E-state index in [1.165, 1.54) is 42.7 Å². The fourth-order valence-electron chi connectivity index (χ4n) is 2.62. The molecule has 1 heterocycles. The van der Waals surface area contributed by atoms with Gasteiger partial charge in [-0.15, -0.1) is 11.3 Å². The van der Waals surface area contributed by atoms with E-state index in [1.54, 1.807) is 11.3 Å². The van der Waals surface area contributed by atoms with E-state index in [-0.39, 0.29) is 0 Å². The summed E-state index contributed by atoms with van der Waals surface area (Å²) in [6, 6.07) is 0. The van der Waals surface area contributed by atoms with Gasteiger partial charge in [0.2, 0.25) is 0 Å². The molecule has 1 N–H and O–H groups in total. The maximum Gasteiger partial charge on any atom is 0.0798 e. The number of aromatic nitrogens is 1. The summed E-state index contributed by atoms with van der Waals surface area (Å²) in [5.41, 5.74) is 3.13. The van der Waals surface area contributed by atoms with Crippen LogP contribution < -0.4 is 5.32 Å². The minimum absolute atomic E-state index is 0.971. The molecule has 0 radical (unpaired) electrons. The Hall–Kier alpha value is -0.410. The van der Waals surface area contributed by atoms with Gasteiger partial charge < -0.3 is 5.32 Å². The van der Waals surface area contributed by atoms with Gasteiger partial charge in [-0.25, -0.2) is 4.98 Å². The van der Waals surface area contributed by atoms with Crippen molar-refractivity contribution in [1.29, 1.82) is 0 Å². The molecule has 1 aliphatic carbocycles. The lowest BCUT2D eigenvalue weighted by Gasteiger charge is -2.26. The van der Waals surface area contributed by atoms with E-state index in [1.807, 2.05) is 5.51 Å². The number of rotatable bonds is 5. The van der Waals surface area contributed by atoms with Crippen molar-refractivity contribution >= 4 is 11.3 Å². The molecule has 2 rings (SSSR count).